The maximum Gasteiger partial charge on any atom is 0.222 e. The van der Waals surface area contributed by atoms with Gasteiger partial charge in [0, 0.05) is 12.8 Å². The van der Waals surface area contributed by atoms with E-state index in [0.717, 1.165) is 51.4 Å². The predicted molar refractivity (Wildman–Crippen MR) is 176 cm³/mol. The van der Waals surface area contributed by atoms with Crippen LogP contribution in [0.1, 0.15) is 128 Å². The van der Waals surface area contributed by atoms with Crippen LogP contribution in [0.15, 0.2) is 0 Å². The summed E-state index contributed by atoms with van der Waals surface area (Å²) in [6, 6.07) is 0. The zero-order chi connectivity index (χ0) is 35.3. The van der Waals surface area contributed by atoms with Crippen LogP contribution in [-0.2, 0) is 19.1 Å². The van der Waals surface area contributed by atoms with Crippen LogP contribution in [0.4, 0.5) is 0 Å². The SMILES string of the molecule is O=C(CCCCCCCCCCCCCCCCCCCCC(=O)NC1O[C@H](CO)[C@@H](O)[C@H](O)[C@H]1O)NC1O[C@H](CO)[C@@H](O)[C@H](O)[C@H]1O. The van der Waals surface area contributed by atoms with Crippen molar-refractivity contribution in [1.29, 1.82) is 0 Å². The van der Waals surface area contributed by atoms with Crippen molar-refractivity contribution in [1.82, 2.24) is 10.6 Å². The van der Waals surface area contributed by atoms with E-state index in [-0.39, 0.29) is 24.7 Å². The third kappa shape index (κ3) is 15.6. The van der Waals surface area contributed by atoms with E-state index in [1.54, 1.807) is 0 Å². The van der Waals surface area contributed by atoms with Crippen molar-refractivity contribution in [3.63, 3.8) is 0 Å². The molecule has 2 aliphatic rings. The van der Waals surface area contributed by atoms with E-state index in [4.69, 9.17) is 9.47 Å². The minimum Gasteiger partial charge on any atom is -0.394 e. The molecule has 0 saturated carbocycles. The summed E-state index contributed by atoms with van der Waals surface area (Å²) in [5, 5.41) is 82.8. The molecule has 0 bridgehead atoms. The number of unbranched alkanes of at least 4 members (excludes halogenated alkanes) is 17. The molecule has 2 aliphatic heterocycles. The van der Waals surface area contributed by atoms with Crippen LogP contribution in [0.2, 0.25) is 0 Å². The fourth-order valence-corrected chi connectivity index (χ4v) is 6.30. The van der Waals surface area contributed by atoms with E-state index < -0.39 is 74.5 Å². The largest absolute Gasteiger partial charge is 0.394 e. The zero-order valence-electron chi connectivity index (χ0n) is 28.5. The smallest absolute Gasteiger partial charge is 0.222 e. The maximum absolute atomic E-state index is 12.2. The van der Waals surface area contributed by atoms with Crippen LogP contribution in [-0.4, -0.2) is 127 Å². The van der Waals surface area contributed by atoms with Gasteiger partial charge in [0.2, 0.25) is 11.8 Å². The molecule has 2 unspecified atom stereocenters. The zero-order valence-corrected chi connectivity index (χ0v) is 28.5. The van der Waals surface area contributed by atoms with Crippen LogP contribution in [0.5, 0.6) is 0 Å². The monoisotopic (exact) mass is 692 g/mol. The summed E-state index contributed by atoms with van der Waals surface area (Å²) in [5.41, 5.74) is 0. The number of carbonyl (C=O) groups is 2. The van der Waals surface area contributed by atoms with Gasteiger partial charge >= 0.3 is 0 Å². The van der Waals surface area contributed by atoms with Gasteiger partial charge in [0.15, 0.2) is 12.5 Å². The van der Waals surface area contributed by atoms with Crippen LogP contribution in [0.3, 0.4) is 0 Å². The first-order valence-corrected chi connectivity index (χ1v) is 18.3. The summed E-state index contributed by atoms with van der Waals surface area (Å²) in [6.45, 7) is -1.06. The molecular formula is C34H64N2O12. The minimum atomic E-state index is -1.50. The highest BCUT2D eigenvalue weighted by Crippen LogP contribution is 2.21. The minimum absolute atomic E-state index is 0.286. The number of ether oxygens (including phenoxy) is 2. The Hall–Kier alpha value is -1.46. The number of hydrogen-bond acceptors (Lipinski definition) is 12. The molecule has 0 radical (unpaired) electrons. The normalized spacial score (nSPS) is 30.7. The molecule has 0 spiro atoms. The molecule has 2 fully saturated rings. The summed E-state index contributed by atoms with van der Waals surface area (Å²) in [6.07, 6.45) is 7.52. The fourth-order valence-electron chi connectivity index (χ4n) is 6.30. The van der Waals surface area contributed by atoms with Gasteiger partial charge in [-0.1, -0.05) is 103 Å². The highest BCUT2D eigenvalue weighted by Gasteiger charge is 2.45. The summed E-state index contributed by atoms with van der Waals surface area (Å²) in [7, 11) is 0. The van der Waals surface area contributed by atoms with Gasteiger partial charge in [0.1, 0.15) is 48.8 Å². The van der Waals surface area contributed by atoms with Crippen molar-refractivity contribution in [2.75, 3.05) is 13.2 Å². The van der Waals surface area contributed by atoms with Gasteiger partial charge in [-0.25, -0.2) is 0 Å². The number of aliphatic hydroxyl groups excluding tert-OH is 8. The van der Waals surface area contributed by atoms with E-state index in [0.29, 0.717) is 0 Å². The quantitative estimate of drug-likeness (QED) is 0.0593. The summed E-state index contributed by atoms with van der Waals surface area (Å²) >= 11 is 0. The number of aliphatic hydroxyl groups is 8. The molecule has 2 amide bonds. The Labute approximate surface area is 285 Å². The lowest BCUT2D eigenvalue weighted by Gasteiger charge is -2.40. The molecule has 10 atom stereocenters. The van der Waals surface area contributed by atoms with Crippen molar-refractivity contribution < 1.29 is 59.9 Å². The van der Waals surface area contributed by atoms with Gasteiger partial charge < -0.3 is 61.0 Å². The Morgan fingerprint density at radius 3 is 0.896 bits per heavy atom. The number of rotatable bonds is 25. The predicted octanol–water partition coefficient (Wildman–Crippen LogP) is 0.621. The fraction of sp³-hybridized carbons (Fsp3) is 0.941. The second-order valence-electron chi connectivity index (χ2n) is 13.5. The highest BCUT2D eigenvalue weighted by atomic mass is 16.6. The van der Waals surface area contributed by atoms with E-state index in [1.165, 1.54) is 64.2 Å². The highest BCUT2D eigenvalue weighted by molar-refractivity contribution is 5.76. The Morgan fingerprint density at radius 2 is 0.646 bits per heavy atom. The first kappa shape index (κ1) is 42.7. The summed E-state index contributed by atoms with van der Waals surface area (Å²) < 4.78 is 10.6. The topological polar surface area (TPSA) is 238 Å². The molecule has 2 saturated heterocycles. The van der Waals surface area contributed by atoms with Gasteiger partial charge in [0.25, 0.3) is 0 Å². The molecule has 0 aromatic carbocycles. The van der Waals surface area contributed by atoms with Crippen molar-refractivity contribution in [2.45, 2.75) is 190 Å². The second kappa shape index (κ2) is 24.6. The van der Waals surface area contributed by atoms with Crippen LogP contribution < -0.4 is 10.6 Å². The first-order valence-electron chi connectivity index (χ1n) is 18.3. The van der Waals surface area contributed by atoms with E-state index in [9.17, 15) is 50.4 Å². The molecule has 10 N–H and O–H groups in total. The van der Waals surface area contributed by atoms with Gasteiger partial charge in [0.05, 0.1) is 13.2 Å². The molecule has 0 aromatic heterocycles. The van der Waals surface area contributed by atoms with Crippen molar-refractivity contribution in [3.05, 3.63) is 0 Å². The van der Waals surface area contributed by atoms with Crippen LogP contribution in [0.25, 0.3) is 0 Å². The molecule has 2 heterocycles. The third-order valence-electron chi connectivity index (χ3n) is 9.45. The number of hydrogen-bond donors (Lipinski definition) is 10. The summed E-state index contributed by atoms with van der Waals surface area (Å²) in [4.78, 5) is 24.4. The lowest BCUT2D eigenvalue weighted by molar-refractivity contribution is -0.236. The lowest BCUT2D eigenvalue weighted by atomic mass is 9.98. The number of amides is 2. The molecule has 0 aromatic rings. The Balaban J connectivity index is 1.31. The standard InChI is InChI=1S/C34H64N2O12/c37-21-23-27(41)29(43)31(45)33(47-23)35-25(39)19-17-15-13-11-9-7-5-3-1-2-4-6-8-10-12-14-16-18-20-26(40)36-34-32(46)30(44)28(42)24(22-38)48-34/h23-24,27-34,37-38,41-46H,1-22H2,(H,35,39)(H,36,40)/t23-,24-,27-,28-,29+,30+,31-,32-,33?,34?/m1/s1. The van der Waals surface area contributed by atoms with Crippen molar-refractivity contribution in [2.24, 2.45) is 0 Å². The average Bonchev–Trinajstić information content (AvgIpc) is 3.07. The average molecular weight is 693 g/mol. The Morgan fingerprint density at radius 1 is 0.396 bits per heavy atom. The van der Waals surface area contributed by atoms with Gasteiger partial charge in [-0.3, -0.25) is 9.59 Å². The van der Waals surface area contributed by atoms with Gasteiger partial charge in [-0.2, -0.15) is 0 Å². The maximum atomic E-state index is 12.2. The van der Waals surface area contributed by atoms with Crippen molar-refractivity contribution in [3.8, 4) is 0 Å². The van der Waals surface area contributed by atoms with Gasteiger partial charge in [-0.05, 0) is 12.8 Å². The Bertz CT molecular complexity index is 798. The van der Waals surface area contributed by atoms with E-state index >= 15 is 0 Å². The van der Waals surface area contributed by atoms with E-state index in [2.05, 4.69) is 10.6 Å². The van der Waals surface area contributed by atoms with Crippen LogP contribution >= 0.6 is 0 Å². The molecule has 0 aliphatic carbocycles. The van der Waals surface area contributed by atoms with Crippen molar-refractivity contribution >= 4 is 11.8 Å². The Kier molecular flexibility index (Phi) is 21.9. The molecule has 48 heavy (non-hydrogen) atoms. The third-order valence-corrected chi connectivity index (χ3v) is 9.45. The first-order chi connectivity index (χ1) is 23.1. The molecule has 14 heteroatoms. The summed E-state index contributed by atoms with van der Waals surface area (Å²) in [5.74, 6) is -0.594. The molecule has 2 rings (SSSR count). The molecule has 282 valence electrons. The lowest BCUT2D eigenvalue weighted by Crippen LogP contribution is -2.63. The molecule has 14 nitrogen and oxygen atoms in total. The number of carbonyl (C=O) groups excluding carboxylic acids is 2. The van der Waals surface area contributed by atoms with Crippen LogP contribution in [0, 0.1) is 0 Å². The van der Waals surface area contributed by atoms with E-state index in [1.807, 2.05) is 0 Å². The molecular weight excluding hydrogens is 628 g/mol. The van der Waals surface area contributed by atoms with Gasteiger partial charge in [-0.15, -0.1) is 0 Å². The number of nitrogens with one attached hydrogen (secondary N) is 2. The second-order valence-corrected chi connectivity index (χ2v) is 13.5.